The molecule has 1 aromatic carbocycles. The third kappa shape index (κ3) is 5.07. The van der Waals surface area contributed by atoms with Gasteiger partial charge in [-0.05, 0) is 18.4 Å². The van der Waals surface area contributed by atoms with E-state index < -0.39 is 24.0 Å². The summed E-state index contributed by atoms with van der Waals surface area (Å²) in [5.74, 6) is -1.37. The van der Waals surface area contributed by atoms with Crippen molar-refractivity contribution >= 4 is 12.1 Å². The van der Waals surface area contributed by atoms with E-state index >= 15 is 0 Å². The first-order valence-corrected chi connectivity index (χ1v) is 8.05. The van der Waals surface area contributed by atoms with Gasteiger partial charge in [0, 0.05) is 6.07 Å². The van der Waals surface area contributed by atoms with Crippen LogP contribution in [0.3, 0.4) is 0 Å². The Morgan fingerprint density at radius 2 is 1.92 bits per heavy atom. The van der Waals surface area contributed by atoms with Crippen molar-refractivity contribution < 1.29 is 24.0 Å². The van der Waals surface area contributed by atoms with Crippen molar-refractivity contribution in [3.63, 3.8) is 0 Å². The van der Waals surface area contributed by atoms with Crippen LogP contribution in [-0.4, -0.2) is 22.3 Å². The van der Waals surface area contributed by atoms with E-state index in [0.29, 0.717) is 11.5 Å². The molecule has 1 amide bonds. The van der Waals surface area contributed by atoms with Gasteiger partial charge in [-0.15, -0.1) is 0 Å². The summed E-state index contributed by atoms with van der Waals surface area (Å²) in [5, 5.41) is 15.6. The summed E-state index contributed by atoms with van der Waals surface area (Å²) in [6, 6.07) is 10.4. The largest absolute Gasteiger partial charge is 0.481 e. The summed E-state index contributed by atoms with van der Waals surface area (Å²) in [7, 11) is 0. The molecule has 2 aromatic rings. The Bertz CT molecular complexity index is 711. The smallest absolute Gasteiger partial charge is 0.408 e. The van der Waals surface area contributed by atoms with Gasteiger partial charge in [0.2, 0.25) is 0 Å². The van der Waals surface area contributed by atoms with Crippen LogP contribution in [0.15, 0.2) is 40.9 Å². The summed E-state index contributed by atoms with van der Waals surface area (Å²) >= 11 is 0. The predicted octanol–water partition coefficient (Wildman–Crippen LogP) is 3.49. The molecule has 134 valence electrons. The first kappa shape index (κ1) is 18.5. The molecule has 25 heavy (non-hydrogen) atoms. The van der Waals surface area contributed by atoms with Crippen LogP contribution in [0.5, 0.6) is 0 Å². The van der Waals surface area contributed by atoms with Crippen molar-refractivity contribution in [1.82, 2.24) is 10.5 Å². The second kappa shape index (κ2) is 8.32. The van der Waals surface area contributed by atoms with Gasteiger partial charge in [-0.1, -0.05) is 49.3 Å². The topological polar surface area (TPSA) is 102 Å². The van der Waals surface area contributed by atoms with Crippen LogP contribution in [0.4, 0.5) is 4.79 Å². The van der Waals surface area contributed by atoms with Crippen LogP contribution >= 0.6 is 0 Å². The molecule has 1 aromatic heterocycles. The molecular formula is C18H22N2O5. The lowest BCUT2D eigenvalue weighted by atomic mass is 10.0. The van der Waals surface area contributed by atoms with E-state index in [4.69, 9.17) is 14.4 Å². The van der Waals surface area contributed by atoms with Gasteiger partial charge in [-0.25, -0.2) is 4.79 Å². The molecule has 2 rings (SSSR count). The fourth-order valence-corrected chi connectivity index (χ4v) is 2.24. The summed E-state index contributed by atoms with van der Waals surface area (Å²) in [6.45, 7) is 5.50. The Labute approximate surface area is 146 Å². The molecule has 2 atom stereocenters. The molecule has 0 saturated heterocycles. The van der Waals surface area contributed by atoms with Gasteiger partial charge in [0.05, 0.1) is 17.7 Å². The van der Waals surface area contributed by atoms with Crippen LogP contribution in [0.25, 0.3) is 0 Å². The summed E-state index contributed by atoms with van der Waals surface area (Å²) in [6.07, 6.45) is -0.577. The number of benzene rings is 1. The quantitative estimate of drug-likeness (QED) is 0.796. The Morgan fingerprint density at radius 3 is 2.52 bits per heavy atom. The highest BCUT2D eigenvalue weighted by molar-refractivity contribution is 5.74. The van der Waals surface area contributed by atoms with Gasteiger partial charge in [-0.3, -0.25) is 4.79 Å². The van der Waals surface area contributed by atoms with Crippen LogP contribution in [0, 0.1) is 5.92 Å². The van der Waals surface area contributed by atoms with Gasteiger partial charge < -0.3 is 19.7 Å². The average Bonchev–Trinajstić information content (AvgIpc) is 3.07. The number of alkyl carbamates (subject to hydrolysis) is 1. The van der Waals surface area contributed by atoms with Crippen molar-refractivity contribution in [3.8, 4) is 0 Å². The number of hydrogen-bond acceptors (Lipinski definition) is 5. The molecule has 0 radical (unpaired) electrons. The maximum absolute atomic E-state index is 12.1. The zero-order valence-electron chi connectivity index (χ0n) is 14.4. The molecule has 0 fully saturated rings. The van der Waals surface area contributed by atoms with E-state index in [0.717, 1.165) is 5.56 Å². The summed E-state index contributed by atoms with van der Waals surface area (Å²) in [5.41, 5.74) is 1.20. The number of carboxylic acid groups (broad SMARTS) is 1. The molecule has 1 heterocycles. The molecule has 7 heteroatoms. The number of rotatable bonds is 7. The van der Waals surface area contributed by atoms with Crippen LogP contribution < -0.4 is 5.32 Å². The van der Waals surface area contributed by atoms with Gasteiger partial charge >= 0.3 is 12.1 Å². The minimum absolute atomic E-state index is 0.00482. The SMILES string of the molecule is CC(C(=O)O)c1cc([C@@H](NC(=O)OCc2ccccc2)C(C)C)on1. The van der Waals surface area contributed by atoms with E-state index in [-0.39, 0.29) is 12.5 Å². The van der Waals surface area contributed by atoms with Gasteiger partial charge in [0.25, 0.3) is 0 Å². The highest BCUT2D eigenvalue weighted by Crippen LogP contribution is 2.25. The number of aliphatic carboxylic acids is 1. The van der Waals surface area contributed by atoms with E-state index in [1.165, 1.54) is 6.92 Å². The second-order valence-corrected chi connectivity index (χ2v) is 6.14. The highest BCUT2D eigenvalue weighted by atomic mass is 16.5. The van der Waals surface area contributed by atoms with Crippen LogP contribution in [0.2, 0.25) is 0 Å². The molecule has 1 unspecified atom stereocenters. The van der Waals surface area contributed by atoms with Crippen molar-refractivity contribution in [2.45, 2.75) is 39.3 Å². The van der Waals surface area contributed by atoms with Gasteiger partial charge in [-0.2, -0.15) is 0 Å². The Morgan fingerprint density at radius 1 is 1.24 bits per heavy atom. The zero-order chi connectivity index (χ0) is 18.4. The van der Waals surface area contributed by atoms with E-state index in [1.807, 2.05) is 44.2 Å². The zero-order valence-corrected chi connectivity index (χ0v) is 14.4. The molecule has 0 saturated carbocycles. The van der Waals surface area contributed by atoms with Crippen LogP contribution in [0.1, 0.15) is 49.7 Å². The second-order valence-electron chi connectivity index (χ2n) is 6.14. The first-order valence-electron chi connectivity index (χ1n) is 8.05. The maximum Gasteiger partial charge on any atom is 0.408 e. The lowest BCUT2D eigenvalue weighted by Crippen LogP contribution is -2.32. The highest BCUT2D eigenvalue weighted by Gasteiger charge is 2.26. The molecule has 0 bridgehead atoms. The van der Waals surface area contributed by atoms with Crippen molar-refractivity contribution in [2.75, 3.05) is 0 Å². The molecule has 7 nitrogen and oxygen atoms in total. The average molecular weight is 346 g/mol. The van der Waals surface area contributed by atoms with Crippen LogP contribution in [-0.2, 0) is 16.1 Å². The van der Waals surface area contributed by atoms with E-state index in [9.17, 15) is 9.59 Å². The number of nitrogens with zero attached hydrogens (tertiary/aromatic N) is 1. The summed E-state index contributed by atoms with van der Waals surface area (Å²) in [4.78, 5) is 23.1. The van der Waals surface area contributed by atoms with E-state index in [1.54, 1.807) is 6.07 Å². The fourth-order valence-electron chi connectivity index (χ4n) is 2.24. The number of carbonyl (C=O) groups is 2. The minimum atomic E-state index is -0.990. The lowest BCUT2D eigenvalue weighted by molar-refractivity contribution is -0.138. The number of ether oxygens (including phenoxy) is 1. The normalized spacial score (nSPS) is 13.3. The van der Waals surface area contributed by atoms with Gasteiger partial charge in [0.1, 0.15) is 6.61 Å². The molecule has 0 aliphatic carbocycles. The monoisotopic (exact) mass is 346 g/mol. The van der Waals surface area contributed by atoms with E-state index in [2.05, 4.69) is 10.5 Å². The fraction of sp³-hybridized carbons (Fsp3) is 0.389. The number of nitrogens with one attached hydrogen (secondary N) is 1. The van der Waals surface area contributed by atoms with Crippen molar-refractivity contribution in [2.24, 2.45) is 5.92 Å². The number of aromatic nitrogens is 1. The summed E-state index contributed by atoms with van der Waals surface area (Å²) < 4.78 is 10.5. The third-order valence-electron chi connectivity index (χ3n) is 3.82. The molecule has 0 aliphatic heterocycles. The maximum atomic E-state index is 12.1. The standard InChI is InChI=1S/C18H22N2O5/c1-11(2)16(15-9-14(20-25-15)12(3)17(21)22)19-18(23)24-10-13-7-5-4-6-8-13/h4-9,11-12,16H,10H2,1-3H3,(H,19,23)(H,21,22)/t12?,16-/m0/s1. The number of hydrogen-bond donors (Lipinski definition) is 2. The van der Waals surface area contributed by atoms with Crippen molar-refractivity contribution in [1.29, 1.82) is 0 Å². The number of carbonyl (C=O) groups excluding carboxylic acids is 1. The molecule has 2 N–H and O–H groups in total. The first-order chi connectivity index (χ1) is 11.9. The number of carboxylic acids is 1. The Balaban J connectivity index is 2.01. The Kier molecular flexibility index (Phi) is 6.16. The number of amides is 1. The third-order valence-corrected chi connectivity index (χ3v) is 3.82. The minimum Gasteiger partial charge on any atom is -0.481 e. The molecular weight excluding hydrogens is 324 g/mol. The predicted molar refractivity (Wildman–Crippen MR) is 89.9 cm³/mol. The van der Waals surface area contributed by atoms with Gasteiger partial charge in [0.15, 0.2) is 5.76 Å². The molecule has 0 aliphatic rings. The molecule has 0 spiro atoms. The van der Waals surface area contributed by atoms with Crippen molar-refractivity contribution in [3.05, 3.63) is 53.4 Å². The Hall–Kier alpha value is -2.83. The lowest BCUT2D eigenvalue weighted by Gasteiger charge is -2.19.